The van der Waals surface area contributed by atoms with Gasteiger partial charge in [0.2, 0.25) is 5.91 Å². The SMILES string of the molecule is C/C=C\C.C=CC=C.CC=N/C(=C\C)CN(Cc1ccccn1)Cc1ccc(CC(=O)NC2=CC=C(B(O)C(CCCS)CC(=O)O)CC2)cn1.CO. The maximum atomic E-state index is 12.8. The van der Waals surface area contributed by atoms with Crippen molar-refractivity contribution in [3.05, 3.63) is 132 Å². The first-order valence-electron chi connectivity index (χ1n) is 17.8. The Kier molecular flexibility index (Phi) is 28.6. The van der Waals surface area contributed by atoms with E-state index in [9.17, 15) is 19.7 Å². The van der Waals surface area contributed by atoms with E-state index >= 15 is 0 Å². The highest BCUT2D eigenvalue weighted by Gasteiger charge is 2.30. The van der Waals surface area contributed by atoms with Crippen molar-refractivity contribution >= 4 is 37.6 Å². The lowest BCUT2D eigenvalue weighted by Crippen LogP contribution is -2.29. The van der Waals surface area contributed by atoms with Crippen LogP contribution in [0.2, 0.25) is 5.82 Å². The van der Waals surface area contributed by atoms with Gasteiger partial charge in [-0.15, -0.1) is 0 Å². The molecule has 3 rings (SSSR count). The quantitative estimate of drug-likeness (QED) is 0.0350. The van der Waals surface area contributed by atoms with Crippen molar-refractivity contribution in [2.24, 2.45) is 4.99 Å². The summed E-state index contributed by atoms with van der Waals surface area (Å²) < 4.78 is 0. The number of carbonyl (C=O) groups excluding carboxylic acids is 1. The van der Waals surface area contributed by atoms with E-state index in [0.29, 0.717) is 44.6 Å². The molecule has 1 amide bonds. The van der Waals surface area contributed by atoms with Crippen LogP contribution in [0.1, 0.15) is 76.8 Å². The van der Waals surface area contributed by atoms with E-state index in [1.165, 1.54) is 0 Å². The zero-order valence-corrected chi connectivity index (χ0v) is 33.1. The number of pyridine rings is 2. The van der Waals surface area contributed by atoms with Crippen molar-refractivity contribution in [2.75, 3.05) is 19.4 Å². The number of carboxylic acids is 1. The first kappa shape index (κ1) is 48.6. The summed E-state index contributed by atoms with van der Waals surface area (Å²) >= 11 is 4.21. The number of aromatic nitrogens is 2. The fraction of sp³-hybridized carbons (Fsp3) is 0.390. The molecule has 10 nitrogen and oxygen atoms in total. The average molecular weight is 746 g/mol. The Morgan fingerprint density at radius 2 is 1.70 bits per heavy atom. The van der Waals surface area contributed by atoms with E-state index in [0.717, 1.165) is 47.3 Å². The molecule has 0 radical (unpaired) electrons. The predicted octanol–water partition coefficient (Wildman–Crippen LogP) is 7.36. The Morgan fingerprint density at radius 3 is 2.17 bits per heavy atom. The smallest absolute Gasteiger partial charge is 0.323 e. The van der Waals surface area contributed by atoms with E-state index < -0.39 is 12.9 Å². The number of carbonyl (C=O) groups is 2. The number of aliphatic hydroxyl groups is 1. The number of hydrogen-bond donors (Lipinski definition) is 5. The summed E-state index contributed by atoms with van der Waals surface area (Å²) in [4.78, 5) is 39.8. The molecule has 1 atom stereocenters. The summed E-state index contributed by atoms with van der Waals surface area (Å²) in [5, 5.41) is 30.0. The largest absolute Gasteiger partial charge is 0.481 e. The first-order valence-corrected chi connectivity index (χ1v) is 18.4. The number of carboxylic acid groups (broad SMARTS) is 1. The molecule has 0 spiro atoms. The van der Waals surface area contributed by atoms with Crippen molar-refractivity contribution in [1.82, 2.24) is 20.2 Å². The Bertz CT molecular complexity index is 1480. The molecule has 2 aromatic heterocycles. The number of nitrogens with zero attached hydrogens (tertiary/aromatic N) is 4. The van der Waals surface area contributed by atoms with Gasteiger partial charge in [0, 0.05) is 63.2 Å². The predicted molar refractivity (Wildman–Crippen MR) is 224 cm³/mol. The van der Waals surface area contributed by atoms with E-state index in [1.807, 2.05) is 76.3 Å². The lowest BCUT2D eigenvalue weighted by atomic mass is 9.47. The van der Waals surface area contributed by atoms with Crippen molar-refractivity contribution in [1.29, 1.82) is 0 Å². The minimum absolute atomic E-state index is 0.0844. The Labute approximate surface area is 323 Å². The van der Waals surface area contributed by atoms with Crippen LogP contribution in [0.15, 0.2) is 120 Å². The van der Waals surface area contributed by atoms with Gasteiger partial charge in [-0.1, -0.05) is 73.6 Å². The van der Waals surface area contributed by atoms with Gasteiger partial charge in [-0.05, 0) is 88.4 Å². The molecule has 2 aromatic rings. The third-order valence-electron chi connectivity index (χ3n) is 7.74. The normalized spacial score (nSPS) is 12.9. The van der Waals surface area contributed by atoms with Crippen molar-refractivity contribution in [3.63, 3.8) is 0 Å². The highest BCUT2D eigenvalue weighted by molar-refractivity contribution is 7.80. The first-order chi connectivity index (χ1) is 25.6. The van der Waals surface area contributed by atoms with Crippen LogP contribution in [-0.2, 0) is 29.1 Å². The average Bonchev–Trinajstić information content (AvgIpc) is 3.18. The van der Waals surface area contributed by atoms with Gasteiger partial charge in [-0.25, -0.2) is 0 Å². The number of aliphatic hydroxyl groups excluding tert-OH is 1. The van der Waals surface area contributed by atoms with Crippen LogP contribution in [0, 0.1) is 0 Å². The summed E-state index contributed by atoms with van der Waals surface area (Å²) in [5.41, 5.74) is 5.20. The number of allylic oxidation sites excluding steroid dienone is 9. The minimum Gasteiger partial charge on any atom is -0.481 e. The fourth-order valence-corrected chi connectivity index (χ4v) is 5.22. The van der Waals surface area contributed by atoms with Gasteiger partial charge >= 0.3 is 12.9 Å². The number of nitrogens with one attached hydrogen (secondary N) is 1. The number of thiol groups is 1. The molecular formula is C41H60BN5O5S. The van der Waals surface area contributed by atoms with Gasteiger partial charge in [0.15, 0.2) is 0 Å². The fourth-order valence-electron chi connectivity index (χ4n) is 5.04. The minimum atomic E-state index is -0.920. The van der Waals surface area contributed by atoms with Crippen LogP contribution >= 0.6 is 12.6 Å². The van der Waals surface area contributed by atoms with Gasteiger partial charge in [0.05, 0.1) is 17.8 Å². The summed E-state index contributed by atoms with van der Waals surface area (Å²) in [6.07, 6.45) is 20.8. The Morgan fingerprint density at radius 1 is 1.02 bits per heavy atom. The number of rotatable bonds is 18. The van der Waals surface area contributed by atoms with Gasteiger partial charge in [0.1, 0.15) is 0 Å². The molecule has 0 fully saturated rings. The van der Waals surface area contributed by atoms with E-state index in [2.05, 4.69) is 51.0 Å². The van der Waals surface area contributed by atoms with Crippen LogP contribution in [0.4, 0.5) is 0 Å². The maximum Gasteiger partial charge on any atom is 0.323 e. The summed E-state index contributed by atoms with van der Waals surface area (Å²) in [6.45, 7) is 15.7. The summed E-state index contributed by atoms with van der Waals surface area (Å²) in [7, 11) is 1.00. The standard InChI is InChI=1S/C32H42BN5O4S.C4H8.C4H6.CH4O/c1-3-27(34-4-2)21-38(22-29-9-5-6-16-35-29)23-30-13-10-24(20-36-30)18-31(39)37-28-14-11-25(12-15-28)33(42)26(8-7-17-43)19-32(40)41;2*1-3-4-2;1-2/h3-6,9-11,13-14,16,20,26,42-43H,7-8,12,15,17-19,21-23H2,1-2H3,(H,37,39)(H,40,41);3-4H,1-2H3;3-4H,1-2H2;2H,1H3/b27-3-,34-4?;4-3-;;. The molecule has 53 heavy (non-hydrogen) atoms. The number of amides is 1. The third-order valence-corrected chi connectivity index (χ3v) is 8.06. The molecule has 0 saturated heterocycles. The number of aliphatic imine (C=N–C) groups is 1. The van der Waals surface area contributed by atoms with Gasteiger partial charge in [-0.3, -0.25) is 29.4 Å². The molecule has 0 bridgehead atoms. The lowest BCUT2D eigenvalue weighted by molar-refractivity contribution is -0.137. The highest BCUT2D eigenvalue weighted by Crippen LogP contribution is 2.29. The van der Waals surface area contributed by atoms with Crippen LogP contribution in [-0.4, -0.2) is 74.5 Å². The van der Waals surface area contributed by atoms with Crippen LogP contribution in [0.3, 0.4) is 0 Å². The molecule has 12 heteroatoms. The van der Waals surface area contributed by atoms with Gasteiger partial charge in [-0.2, -0.15) is 12.6 Å². The van der Waals surface area contributed by atoms with Gasteiger partial charge < -0.3 is 20.6 Å². The highest BCUT2D eigenvalue weighted by atomic mass is 32.1. The van der Waals surface area contributed by atoms with E-state index in [-0.39, 0.29) is 24.6 Å². The van der Waals surface area contributed by atoms with Crippen molar-refractivity contribution in [2.45, 2.75) is 85.1 Å². The molecule has 2 heterocycles. The van der Waals surface area contributed by atoms with Crippen LogP contribution in [0.5, 0.6) is 0 Å². The van der Waals surface area contributed by atoms with Gasteiger partial charge in [0.25, 0.3) is 0 Å². The Hall–Kier alpha value is -4.36. The molecule has 1 aliphatic rings. The lowest BCUT2D eigenvalue weighted by Gasteiger charge is -2.23. The van der Waals surface area contributed by atoms with Crippen molar-refractivity contribution in [3.8, 4) is 0 Å². The monoisotopic (exact) mass is 745 g/mol. The molecular weight excluding hydrogens is 685 g/mol. The molecule has 288 valence electrons. The second-order valence-electron chi connectivity index (χ2n) is 11.8. The molecule has 0 aromatic carbocycles. The molecule has 1 aliphatic carbocycles. The molecule has 0 saturated carbocycles. The summed E-state index contributed by atoms with van der Waals surface area (Å²) in [5.74, 6) is -0.764. The van der Waals surface area contributed by atoms with E-state index in [4.69, 9.17) is 5.11 Å². The van der Waals surface area contributed by atoms with E-state index in [1.54, 1.807) is 42.9 Å². The van der Waals surface area contributed by atoms with Crippen LogP contribution in [0.25, 0.3) is 0 Å². The zero-order chi connectivity index (χ0) is 39.9. The molecule has 0 aliphatic heterocycles. The maximum absolute atomic E-state index is 12.8. The zero-order valence-electron chi connectivity index (χ0n) is 32.2. The number of aliphatic carboxylic acids is 1. The number of hydrogen-bond acceptors (Lipinski definition) is 9. The topological polar surface area (TPSA) is 148 Å². The summed E-state index contributed by atoms with van der Waals surface area (Å²) in [6, 6.07) is 9.76. The van der Waals surface area contributed by atoms with Crippen molar-refractivity contribution < 1.29 is 24.8 Å². The second kappa shape index (κ2) is 31.2. The Balaban J connectivity index is 0.00000241. The molecule has 4 N–H and O–H groups in total. The van der Waals surface area contributed by atoms with Crippen LogP contribution < -0.4 is 5.32 Å². The molecule has 1 unspecified atom stereocenters. The second-order valence-corrected chi connectivity index (χ2v) is 12.2. The third kappa shape index (κ3) is 22.3.